The predicted molar refractivity (Wildman–Crippen MR) is 68.3 cm³/mol. The number of nitrogens with zero attached hydrogens (tertiary/aromatic N) is 1. The van der Waals surface area contributed by atoms with Gasteiger partial charge in [-0.05, 0) is 31.5 Å². The molecular weight excluding hydrogens is 224 g/mol. The number of amides is 1. The van der Waals surface area contributed by atoms with Gasteiger partial charge in [-0.2, -0.15) is 0 Å². The predicted octanol–water partition coefficient (Wildman–Crippen LogP) is 1.61. The number of aryl methyl sites for hydroxylation is 1. The fourth-order valence-electron chi connectivity index (χ4n) is 2.09. The van der Waals surface area contributed by atoms with Gasteiger partial charge in [0.25, 0.3) is 0 Å². The lowest BCUT2D eigenvalue weighted by Crippen LogP contribution is -2.42. The lowest BCUT2D eigenvalue weighted by molar-refractivity contribution is -0.120. The van der Waals surface area contributed by atoms with Crippen molar-refractivity contribution in [3.05, 3.63) is 29.8 Å². The van der Waals surface area contributed by atoms with Crippen LogP contribution < -0.4 is 10.2 Å². The van der Waals surface area contributed by atoms with Gasteiger partial charge in [-0.15, -0.1) is 12.4 Å². The average Bonchev–Trinajstić information content (AvgIpc) is 2.39. The molecule has 1 N–H and O–H groups in total. The van der Waals surface area contributed by atoms with Crippen molar-refractivity contribution < 1.29 is 4.79 Å². The van der Waals surface area contributed by atoms with Gasteiger partial charge in [0.15, 0.2) is 0 Å². The molecule has 88 valence electrons. The summed E-state index contributed by atoms with van der Waals surface area (Å²) in [5.41, 5.74) is 2.30. The summed E-state index contributed by atoms with van der Waals surface area (Å²) in [5, 5.41) is 3.07. The van der Waals surface area contributed by atoms with Crippen molar-refractivity contribution in [2.45, 2.75) is 18.9 Å². The number of rotatable bonds is 1. The van der Waals surface area contributed by atoms with E-state index in [0.717, 1.165) is 18.5 Å². The van der Waals surface area contributed by atoms with Crippen LogP contribution in [0.1, 0.15) is 12.0 Å². The third kappa shape index (κ3) is 2.20. The molecule has 0 aromatic heterocycles. The second kappa shape index (κ2) is 5.32. The van der Waals surface area contributed by atoms with Crippen LogP contribution >= 0.6 is 12.4 Å². The first-order chi connectivity index (χ1) is 7.24. The smallest absolute Gasteiger partial charge is 0.243 e. The Bertz CT molecular complexity index is 381. The fraction of sp³-hybridized carbons (Fsp3) is 0.417. The molecule has 1 aliphatic rings. The Morgan fingerprint density at radius 3 is 2.75 bits per heavy atom. The molecule has 0 spiro atoms. The Morgan fingerprint density at radius 2 is 2.06 bits per heavy atom. The minimum Gasteiger partial charge on any atom is -0.314 e. The maximum atomic E-state index is 12.0. The molecule has 0 fully saturated rings. The van der Waals surface area contributed by atoms with Crippen molar-refractivity contribution in [2.24, 2.45) is 0 Å². The summed E-state index contributed by atoms with van der Waals surface area (Å²) in [6, 6.07) is 8.05. The zero-order chi connectivity index (χ0) is 10.8. The Hall–Kier alpha value is -1.06. The molecule has 3 nitrogen and oxygen atoms in total. The van der Waals surface area contributed by atoms with Crippen molar-refractivity contribution in [3.8, 4) is 0 Å². The Labute approximate surface area is 102 Å². The molecule has 4 heteroatoms. The van der Waals surface area contributed by atoms with E-state index in [1.807, 2.05) is 32.3 Å². The second-order valence-corrected chi connectivity index (χ2v) is 3.91. The molecule has 1 unspecified atom stereocenters. The first kappa shape index (κ1) is 13.0. The molecular formula is C12H17ClN2O. The molecule has 1 heterocycles. The molecule has 1 aromatic rings. The van der Waals surface area contributed by atoms with Gasteiger partial charge < -0.3 is 10.2 Å². The minimum atomic E-state index is -0.0533. The number of anilines is 1. The van der Waals surface area contributed by atoms with E-state index < -0.39 is 0 Å². The number of hydrogen-bond donors (Lipinski definition) is 1. The SMILES string of the molecule is CNC1CCc2ccccc2N(C)C1=O.Cl. The molecule has 0 saturated carbocycles. The van der Waals surface area contributed by atoms with Crippen LogP contribution in [0.15, 0.2) is 24.3 Å². The van der Waals surface area contributed by atoms with Crippen molar-refractivity contribution in [1.82, 2.24) is 5.32 Å². The summed E-state index contributed by atoms with van der Waals surface area (Å²) in [4.78, 5) is 13.8. The summed E-state index contributed by atoms with van der Waals surface area (Å²) < 4.78 is 0. The number of carbonyl (C=O) groups excluding carboxylic acids is 1. The highest BCUT2D eigenvalue weighted by atomic mass is 35.5. The molecule has 0 saturated heterocycles. The number of carbonyl (C=O) groups is 1. The molecule has 1 atom stereocenters. The van der Waals surface area contributed by atoms with Crippen molar-refractivity contribution in [3.63, 3.8) is 0 Å². The van der Waals surface area contributed by atoms with Gasteiger partial charge in [-0.1, -0.05) is 18.2 Å². The first-order valence-corrected chi connectivity index (χ1v) is 5.27. The van der Waals surface area contributed by atoms with Gasteiger partial charge in [0.2, 0.25) is 5.91 Å². The Morgan fingerprint density at radius 1 is 1.38 bits per heavy atom. The molecule has 1 aromatic carbocycles. The van der Waals surface area contributed by atoms with Gasteiger partial charge in [0, 0.05) is 12.7 Å². The molecule has 1 amide bonds. The fourth-order valence-corrected chi connectivity index (χ4v) is 2.09. The highest BCUT2D eigenvalue weighted by molar-refractivity contribution is 5.98. The lowest BCUT2D eigenvalue weighted by Gasteiger charge is -2.20. The van der Waals surface area contributed by atoms with Crippen molar-refractivity contribution in [2.75, 3.05) is 19.0 Å². The van der Waals surface area contributed by atoms with E-state index in [-0.39, 0.29) is 24.4 Å². The zero-order valence-corrected chi connectivity index (χ0v) is 10.4. The van der Waals surface area contributed by atoms with Gasteiger partial charge in [-0.25, -0.2) is 0 Å². The third-order valence-electron chi connectivity index (χ3n) is 3.03. The number of halogens is 1. The van der Waals surface area contributed by atoms with Crippen LogP contribution in [0.2, 0.25) is 0 Å². The van der Waals surface area contributed by atoms with Crippen LogP contribution in [-0.4, -0.2) is 26.0 Å². The number of fused-ring (bicyclic) bond motifs is 1. The summed E-state index contributed by atoms with van der Waals surface area (Å²) in [6.07, 6.45) is 1.83. The normalized spacial score (nSPS) is 19.8. The van der Waals surface area contributed by atoms with Crippen LogP contribution in [0.4, 0.5) is 5.69 Å². The maximum Gasteiger partial charge on any atom is 0.243 e. The van der Waals surface area contributed by atoms with E-state index in [9.17, 15) is 4.79 Å². The second-order valence-electron chi connectivity index (χ2n) is 3.91. The Kier molecular flexibility index (Phi) is 4.33. The van der Waals surface area contributed by atoms with Gasteiger partial charge in [-0.3, -0.25) is 4.79 Å². The van der Waals surface area contributed by atoms with Crippen LogP contribution in [0, 0.1) is 0 Å². The monoisotopic (exact) mass is 240 g/mol. The molecule has 0 bridgehead atoms. The van der Waals surface area contributed by atoms with E-state index in [0.29, 0.717) is 0 Å². The van der Waals surface area contributed by atoms with E-state index in [4.69, 9.17) is 0 Å². The maximum absolute atomic E-state index is 12.0. The summed E-state index contributed by atoms with van der Waals surface area (Å²) in [7, 11) is 3.68. The number of hydrogen-bond acceptors (Lipinski definition) is 2. The lowest BCUT2D eigenvalue weighted by atomic mass is 10.1. The number of nitrogens with one attached hydrogen (secondary N) is 1. The molecule has 16 heavy (non-hydrogen) atoms. The highest BCUT2D eigenvalue weighted by Crippen LogP contribution is 2.25. The van der Waals surface area contributed by atoms with Crippen LogP contribution in [0.5, 0.6) is 0 Å². The van der Waals surface area contributed by atoms with Crippen LogP contribution in [0.25, 0.3) is 0 Å². The van der Waals surface area contributed by atoms with Gasteiger partial charge in [0.1, 0.15) is 0 Å². The first-order valence-electron chi connectivity index (χ1n) is 5.27. The third-order valence-corrected chi connectivity index (χ3v) is 3.03. The molecule has 2 rings (SSSR count). The van der Waals surface area contributed by atoms with Crippen molar-refractivity contribution >= 4 is 24.0 Å². The van der Waals surface area contributed by atoms with E-state index in [2.05, 4.69) is 11.4 Å². The van der Waals surface area contributed by atoms with E-state index >= 15 is 0 Å². The topological polar surface area (TPSA) is 32.3 Å². The summed E-state index contributed by atoms with van der Waals surface area (Å²) in [6.45, 7) is 0. The van der Waals surface area contributed by atoms with E-state index in [1.165, 1.54) is 5.56 Å². The number of para-hydroxylation sites is 1. The molecule has 0 aliphatic carbocycles. The van der Waals surface area contributed by atoms with Crippen LogP contribution in [0.3, 0.4) is 0 Å². The van der Waals surface area contributed by atoms with Gasteiger partial charge in [0.05, 0.1) is 6.04 Å². The largest absolute Gasteiger partial charge is 0.314 e. The zero-order valence-electron chi connectivity index (χ0n) is 9.56. The number of benzene rings is 1. The number of likely N-dealkylation sites (N-methyl/N-ethyl adjacent to an activating group) is 2. The standard InChI is InChI=1S/C12H16N2O.ClH/c1-13-10-8-7-9-5-3-4-6-11(9)14(2)12(10)15;/h3-6,10,13H,7-8H2,1-2H3;1H. The van der Waals surface area contributed by atoms with Gasteiger partial charge >= 0.3 is 0 Å². The highest BCUT2D eigenvalue weighted by Gasteiger charge is 2.26. The molecule has 1 aliphatic heterocycles. The quantitative estimate of drug-likeness (QED) is 0.809. The average molecular weight is 241 g/mol. The minimum absolute atomic E-state index is 0. The summed E-state index contributed by atoms with van der Waals surface area (Å²) >= 11 is 0. The molecule has 0 radical (unpaired) electrons. The van der Waals surface area contributed by atoms with Crippen molar-refractivity contribution in [1.29, 1.82) is 0 Å². The van der Waals surface area contributed by atoms with Crippen LogP contribution in [-0.2, 0) is 11.2 Å². The summed E-state index contributed by atoms with van der Waals surface area (Å²) in [5.74, 6) is 0.155. The van der Waals surface area contributed by atoms with E-state index in [1.54, 1.807) is 4.90 Å². The Balaban J connectivity index is 0.00000128.